The third-order valence-electron chi connectivity index (χ3n) is 3.82. The van der Waals surface area contributed by atoms with Gasteiger partial charge in [-0.3, -0.25) is 4.79 Å². The number of hydrogen-bond donors (Lipinski definition) is 0. The van der Waals surface area contributed by atoms with Crippen molar-refractivity contribution in [2.45, 2.75) is 13.0 Å². The van der Waals surface area contributed by atoms with Gasteiger partial charge in [0.2, 0.25) is 0 Å². The van der Waals surface area contributed by atoms with E-state index in [1.807, 2.05) is 29.2 Å². The van der Waals surface area contributed by atoms with Gasteiger partial charge in [0.1, 0.15) is 4.88 Å². The molecule has 1 aliphatic heterocycles. The first kappa shape index (κ1) is 13.3. The Bertz CT molecular complexity index is 836. The van der Waals surface area contributed by atoms with Gasteiger partial charge in [-0.1, -0.05) is 29.8 Å². The monoisotopic (exact) mass is 333 g/mol. The molecule has 2 nitrogen and oxygen atoms in total. The van der Waals surface area contributed by atoms with Crippen LogP contribution in [0.5, 0.6) is 0 Å². The van der Waals surface area contributed by atoms with Crippen molar-refractivity contribution in [2.24, 2.45) is 0 Å². The zero-order valence-electron chi connectivity index (χ0n) is 11.1. The second-order valence-electron chi connectivity index (χ2n) is 5.09. The van der Waals surface area contributed by atoms with Gasteiger partial charge in [-0.2, -0.15) is 0 Å². The fourth-order valence-electron chi connectivity index (χ4n) is 2.72. The van der Waals surface area contributed by atoms with E-state index in [1.54, 1.807) is 11.3 Å². The first-order valence-corrected chi connectivity index (χ1v) is 8.83. The summed E-state index contributed by atoms with van der Waals surface area (Å²) in [5.41, 5.74) is 1.27. The summed E-state index contributed by atoms with van der Waals surface area (Å²) >= 11 is 9.68. The summed E-state index contributed by atoms with van der Waals surface area (Å²) in [5, 5.41) is 3.67. The van der Waals surface area contributed by atoms with Gasteiger partial charge in [0.05, 0.1) is 5.02 Å². The maximum absolute atomic E-state index is 12.8. The molecular formula is C16H12ClNOS2. The molecule has 1 amide bonds. The van der Waals surface area contributed by atoms with Crippen molar-refractivity contribution in [2.75, 3.05) is 6.54 Å². The van der Waals surface area contributed by atoms with Crippen LogP contribution in [0.25, 0.3) is 10.1 Å². The topological polar surface area (TPSA) is 20.3 Å². The molecule has 3 heterocycles. The van der Waals surface area contributed by atoms with Crippen LogP contribution in [0.2, 0.25) is 5.02 Å². The number of carbonyl (C=O) groups excluding carboxylic acids is 1. The fourth-order valence-corrected chi connectivity index (χ4v) is 5.09. The van der Waals surface area contributed by atoms with Crippen molar-refractivity contribution in [3.63, 3.8) is 0 Å². The Morgan fingerprint density at radius 3 is 2.95 bits per heavy atom. The van der Waals surface area contributed by atoms with Gasteiger partial charge in [-0.15, -0.1) is 22.7 Å². The molecule has 0 fully saturated rings. The Morgan fingerprint density at radius 1 is 1.24 bits per heavy atom. The van der Waals surface area contributed by atoms with E-state index in [0.29, 0.717) is 16.4 Å². The summed E-state index contributed by atoms with van der Waals surface area (Å²) in [5.74, 6) is 0.0538. The molecule has 0 spiro atoms. The molecule has 0 N–H and O–H groups in total. The molecule has 0 radical (unpaired) electrons. The number of hydrogen-bond acceptors (Lipinski definition) is 3. The number of nitrogens with zero attached hydrogens (tertiary/aromatic N) is 1. The van der Waals surface area contributed by atoms with Crippen molar-refractivity contribution in [1.82, 2.24) is 4.90 Å². The Kier molecular flexibility index (Phi) is 3.25. The molecule has 1 aromatic carbocycles. The molecular weight excluding hydrogens is 322 g/mol. The van der Waals surface area contributed by atoms with Crippen LogP contribution in [0.1, 0.15) is 20.1 Å². The zero-order valence-corrected chi connectivity index (χ0v) is 13.5. The average Bonchev–Trinajstić information content (AvgIpc) is 3.11. The normalized spacial score (nSPS) is 14.4. The molecule has 0 atom stereocenters. The quantitative estimate of drug-likeness (QED) is 0.625. The SMILES string of the molecule is O=C(c1sc2ccccc2c1Cl)N1CCc2sccc2C1. The predicted molar refractivity (Wildman–Crippen MR) is 89.6 cm³/mol. The molecule has 0 saturated carbocycles. The number of halogens is 1. The smallest absolute Gasteiger partial charge is 0.265 e. The van der Waals surface area contributed by atoms with Gasteiger partial charge in [0, 0.05) is 28.1 Å². The second-order valence-corrected chi connectivity index (χ2v) is 7.52. The number of benzene rings is 1. The van der Waals surface area contributed by atoms with E-state index in [9.17, 15) is 4.79 Å². The van der Waals surface area contributed by atoms with Crippen LogP contribution in [0.15, 0.2) is 35.7 Å². The summed E-state index contributed by atoms with van der Waals surface area (Å²) in [6, 6.07) is 10.0. The minimum Gasteiger partial charge on any atom is -0.333 e. The first-order chi connectivity index (χ1) is 10.2. The Morgan fingerprint density at radius 2 is 2.10 bits per heavy atom. The second kappa shape index (κ2) is 5.13. The third-order valence-corrected chi connectivity index (χ3v) is 6.51. The lowest BCUT2D eigenvalue weighted by molar-refractivity contribution is 0.0741. The fraction of sp³-hybridized carbons (Fsp3) is 0.188. The summed E-state index contributed by atoms with van der Waals surface area (Å²) in [7, 11) is 0. The lowest BCUT2D eigenvalue weighted by atomic mass is 10.1. The Balaban J connectivity index is 1.69. The van der Waals surface area contributed by atoms with Crippen molar-refractivity contribution >= 4 is 50.3 Å². The number of thiophene rings is 2. The molecule has 0 bridgehead atoms. The number of rotatable bonds is 1. The van der Waals surface area contributed by atoms with Gasteiger partial charge in [-0.05, 0) is 29.5 Å². The maximum atomic E-state index is 12.8. The predicted octanol–water partition coefficient (Wildman–Crippen LogP) is 4.81. The lowest BCUT2D eigenvalue weighted by Gasteiger charge is -2.26. The molecule has 0 unspecified atom stereocenters. The molecule has 2 aromatic heterocycles. The number of fused-ring (bicyclic) bond motifs is 2. The van der Waals surface area contributed by atoms with Crippen LogP contribution >= 0.6 is 34.3 Å². The van der Waals surface area contributed by atoms with E-state index in [4.69, 9.17) is 11.6 Å². The Hall–Kier alpha value is -1.36. The van der Waals surface area contributed by atoms with Gasteiger partial charge < -0.3 is 4.90 Å². The van der Waals surface area contributed by atoms with Gasteiger partial charge in [0.25, 0.3) is 5.91 Å². The van der Waals surface area contributed by atoms with E-state index in [-0.39, 0.29) is 5.91 Å². The van der Waals surface area contributed by atoms with E-state index in [2.05, 4.69) is 11.4 Å². The largest absolute Gasteiger partial charge is 0.333 e. The zero-order chi connectivity index (χ0) is 14.4. The third kappa shape index (κ3) is 2.18. The average molecular weight is 334 g/mol. The van der Waals surface area contributed by atoms with Crippen molar-refractivity contribution in [3.05, 3.63) is 56.1 Å². The van der Waals surface area contributed by atoms with Crippen molar-refractivity contribution in [1.29, 1.82) is 0 Å². The van der Waals surface area contributed by atoms with Gasteiger partial charge in [0.15, 0.2) is 0 Å². The molecule has 5 heteroatoms. The molecule has 3 aromatic rings. The molecule has 1 aliphatic rings. The van der Waals surface area contributed by atoms with Crippen LogP contribution in [0.4, 0.5) is 0 Å². The van der Waals surface area contributed by atoms with Crippen LogP contribution in [0.3, 0.4) is 0 Å². The van der Waals surface area contributed by atoms with E-state index in [1.165, 1.54) is 21.8 Å². The molecule has 0 saturated heterocycles. The molecule has 4 rings (SSSR count). The summed E-state index contributed by atoms with van der Waals surface area (Å²) in [6.07, 6.45) is 0.946. The lowest BCUT2D eigenvalue weighted by Crippen LogP contribution is -2.35. The standard InChI is InChI=1S/C16H12ClNOS2/c17-14-11-3-1-2-4-13(11)21-15(14)16(19)18-7-5-12-10(9-18)6-8-20-12/h1-4,6,8H,5,7,9H2. The van der Waals surface area contributed by atoms with Crippen LogP contribution < -0.4 is 0 Å². The highest BCUT2D eigenvalue weighted by atomic mass is 35.5. The van der Waals surface area contributed by atoms with E-state index >= 15 is 0 Å². The summed E-state index contributed by atoms with van der Waals surface area (Å²) < 4.78 is 1.07. The van der Waals surface area contributed by atoms with E-state index in [0.717, 1.165) is 23.1 Å². The molecule has 21 heavy (non-hydrogen) atoms. The van der Waals surface area contributed by atoms with Crippen molar-refractivity contribution in [3.8, 4) is 0 Å². The van der Waals surface area contributed by atoms with Crippen LogP contribution in [-0.2, 0) is 13.0 Å². The highest BCUT2D eigenvalue weighted by Gasteiger charge is 2.26. The summed E-state index contributed by atoms with van der Waals surface area (Å²) in [4.78, 5) is 16.8. The highest BCUT2D eigenvalue weighted by molar-refractivity contribution is 7.21. The van der Waals surface area contributed by atoms with Crippen LogP contribution in [0, 0.1) is 0 Å². The van der Waals surface area contributed by atoms with Gasteiger partial charge in [-0.25, -0.2) is 0 Å². The van der Waals surface area contributed by atoms with Crippen molar-refractivity contribution < 1.29 is 4.79 Å². The highest BCUT2D eigenvalue weighted by Crippen LogP contribution is 2.36. The Labute approximate surface area is 135 Å². The first-order valence-electron chi connectivity index (χ1n) is 6.75. The minimum atomic E-state index is 0.0538. The summed E-state index contributed by atoms with van der Waals surface area (Å²) in [6.45, 7) is 1.47. The van der Waals surface area contributed by atoms with E-state index < -0.39 is 0 Å². The molecule has 106 valence electrons. The minimum absolute atomic E-state index is 0.0538. The molecule has 0 aliphatic carbocycles. The maximum Gasteiger partial charge on any atom is 0.265 e. The van der Waals surface area contributed by atoms with Crippen LogP contribution in [-0.4, -0.2) is 17.4 Å². The number of carbonyl (C=O) groups is 1. The van der Waals surface area contributed by atoms with Gasteiger partial charge >= 0.3 is 0 Å². The number of amides is 1.